The number of aliphatic hydroxyl groups is 1. The van der Waals surface area contributed by atoms with Gasteiger partial charge in [0, 0.05) is 31.2 Å². The number of nitrogens with one attached hydrogen (secondary N) is 1. The van der Waals surface area contributed by atoms with Crippen LogP contribution in [0.1, 0.15) is 0 Å². The van der Waals surface area contributed by atoms with Gasteiger partial charge in [0.05, 0.1) is 30.8 Å². The van der Waals surface area contributed by atoms with Gasteiger partial charge < -0.3 is 23.7 Å². The molecule has 0 aliphatic carbocycles. The Balaban J connectivity index is 1.47. The van der Waals surface area contributed by atoms with Crippen molar-refractivity contribution in [3.8, 4) is 5.75 Å². The van der Waals surface area contributed by atoms with E-state index >= 15 is 0 Å². The number of hydrogen-bond donors (Lipinski definition) is 2. The molecule has 7 nitrogen and oxygen atoms in total. The molecule has 1 aliphatic rings. The standard InChI is InChI=1S/C22H27ClN4O3/c23-17-5-7-19(8-6-17)30-16-18(28)15-27-21-4-2-1-3-20(21)26(22(27)24)10-9-25-11-13-29-14-12-25/h1-8,18,24,28H,9-16H2. The van der Waals surface area contributed by atoms with E-state index in [2.05, 4.69) is 4.90 Å². The molecule has 160 valence electrons. The van der Waals surface area contributed by atoms with Crippen molar-refractivity contribution in [1.82, 2.24) is 14.0 Å². The van der Waals surface area contributed by atoms with Crippen LogP contribution < -0.4 is 10.4 Å². The number of para-hydroxylation sites is 2. The second kappa shape index (κ2) is 9.66. The molecule has 1 unspecified atom stereocenters. The predicted octanol–water partition coefficient (Wildman–Crippen LogP) is 2.35. The first kappa shape index (κ1) is 20.9. The van der Waals surface area contributed by atoms with Crippen molar-refractivity contribution in [2.24, 2.45) is 0 Å². The zero-order valence-corrected chi connectivity index (χ0v) is 17.6. The van der Waals surface area contributed by atoms with E-state index in [0.29, 0.717) is 16.4 Å². The minimum absolute atomic E-state index is 0.140. The summed E-state index contributed by atoms with van der Waals surface area (Å²) in [4.78, 5) is 2.36. The van der Waals surface area contributed by atoms with Gasteiger partial charge in [-0.1, -0.05) is 23.7 Å². The Morgan fingerprint density at radius 2 is 1.67 bits per heavy atom. The topological polar surface area (TPSA) is 75.6 Å². The molecule has 2 N–H and O–H groups in total. The number of nitrogens with zero attached hydrogens (tertiary/aromatic N) is 3. The molecular weight excluding hydrogens is 404 g/mol. The van der Waals surface area contributed by atoms with E-state index in [1.807, 2.05) is 33.4 Å². The molecule has 2 aromatic carbocycles. The summed E-state index contributed by atoms with van der Waals surface area (Å²) in [6.45, 7) is 5.40. The van der Waals surface area contributed by atoms with Gasteiger partial charge in [0.2, 0.25) is 5.62 Å². The molecule has 1 fully saturated rings. The summed E-state index contributed by atoms with van der Waals surface area (Å²) in [6, 6.07) is 15.0. The van der Waals surface area contributed by atoms with Gasteiger partial charge in [-0.2, -0.15) is 0 Å². The number of hydrogen-bond acceptors (Lipinski definition) is 5. The lowest BCUT2D eigenvalue weighted by molar-refractivity contribution is 0.0363. The molecular formula is C22H27ClN4O3. The van der Waals surface area contributed by atoms with Gasteiger partial charge in [0.15, 0.2) is 0 Å². The molecule has 0 bridgehead atoms. The average Bonchev–Trinajstić information content (AvgIpc) is 3.03. The van der Waals surface area contributed by atoms with Crippen LogP contribution in [-0.4, -0.2) is 64.7 Å². The number of ether oxygens (including phenoxy) is 2. The predicted molar refractivity (Wildman–Crippen MR) is 116 cm³/mol. The highest BCUT2D eigenvalue weighted by atomic mass is 35.5. The van der Waals surface area contributed by atoms with E-state index in [0.717, 1.165) is 50.4 Å². The lowest BCUT2D eigenvalue weighted by Crippen LogP contribution is -2.39. The Kier molecular flexibility index (Phi) is 6.74. The molecule has 0 amide bonds. The number of benzene rings is 2. The molecule has 1 saturated heterocycles. The lowest BCUT2D eigenvalue weighted by atomic mass is 10.3. The van der Waals surface area contributed by atoms with Gasteiger partial charge in [0.25, 0.3) is 0 Å². The maximum absolute atomic E-state index is 10.6. The average molecular weight is 431 g/mol. The van der Waals surface area contributed by atoms with E-state index < -0.39 is 6.10 Å². The number of morpholine rings is 1. The molecule has 1 aliphatic heterocycles. The second-order valence-electron chi connectivity index (χ2n) is 7.45. The van der Waals surface area contributed by atoms with Gasteiger partial charge in [0.1, 0.15) is 18.5 Å². The summed E-state index contributed by atoms with van der Waals surface area (Å²) in [6.07, 6.45) is -0.742. The molecule has 1 atom stereocenters. The Hall–Kier alpha value is -2.32. The summed E-state index contributed by atoms with van der Waals surface area (Å²) in [5.41, 5.74) is 2.33. The fourth-order valence-corrected chi connectivity index (χ4v) is 3.88. The zero-order valence-electron chi connectivity index (χ0n) is 16.8. The highest BCUT2D eigenvalue weighted by Gasteiger charge is 2.16. The maximum Gasteiger partial charge on any atom is 0.203 e. The van der Waals surface area contributed by atoms with E-state index in [9.17, 15) is 5.11 Å². The first-order chi connectivity index (χ1) is 14.6. The summed E-state index contributed by atoms with van der Waals surface area (Å²) in [7, 11) is 0. The van der Waals surface area contributed by atoms with Crippen LogP contribution in [0.4, 0.5) is 0 Å². The van der Waals surface area contributed by atoms with Crippen molar-refractivity contribution in [2.45, 2.75) is 19.2 Å². The number of fused-ring (bicyclic) bond motifs is 1. The van der Waals surface area contributed by atoms with Crippen molar-refractivity contribution in [2.75, 3.05) is 39.5 Å². The Morgan fingerprint density at radius 3 is 2.37 bits per heavy atom. The molecule has 1 aromatic heterocycles. The molecule has 0 saturated carbocycles. The van der Waals surface area contributed by atoms with Crippen LogP contribution in [-0.2, 0) is 17.8 Å². The zero-order chi connectivity index (χ0) is 20.9. The minimum atomic E-state index is -0.742. The van der Waals surface area contributed by atoms with E-state index in [4.69, 9.17) is 26.5 Å². The highest BCUT2D eigenvalue weighted by Crippen LogP contribution is 2.17. The number of aromatic nitrogens is 2. The summed E-state index contributed by atoms with van der Waals surface area (Å²) in [5, 5.41) is 19.9. The Bertz CT molecular complexity index is 1030. The van der Waals surface area contributed by atoms with Gasteiger partial charge in [-0.15, -0.1) is 0 Å². The molecule has 30 heavy (non-hydrogen) atoms. The Labute approximate surface area is 180 Å². The summed E-state index contributed by atoms with van der Waals surface area (Å²) < 4.78 is 15.0. The summed E-state index contributed by atoms with van der Waals surface area (Å²) in [5.74, 6) is 0.655. The first-order valence-electron chi connectivity index (χ1n) is 10.2. The monoisotopic (exact) mass is 430 g/mol. The third-order valence-electron chi connectivity index (χ3n) is 5.37. The van der Waals surface area contributed by atoms with Crippen LogP contribution in [0.25, 0.3) is 11.0 Å². The van der Waals surface area contributed by atoms with E-state index in [1.165, 1.54) is 0 Å². The van der Waals surface area contributed by atoms with Crippen molar-refractivity contribution < 1.29 is 14.6 Å². The third-order valence-corrected chi connectivity index (χ3v) is 5.62. The first-order valence-corrected chi connectivity index (χ1v) is 10.6. The summed E-state index contributed by atoms with van der Waals surface area (Å²) >= 11 is 5.89. The van der Waals surface area contributed by atoms with Crippen LogP contribution in [0.3, 0.4) is 0 Å². The minimum Gasteiger partial charge on any atom is -0.491 e. The number of rotatable bonds is 8. The molecule has 2 heterocycles. The van der Waals surface area contributed by atoms with Crippen molar-refractivity contribution in [3.63, 3.8) is 0 Å². The number of aliphatic hydroxyl groups excluding tert-OH is 1. The van der Waals surface area contributed by atoms with Crippen LogP contribution in [0, 0.1) is 5.41 Å². The fraction of sp³-hybridized carbons (Fsp3) is 0.409. The fourth-order valence-electron chi connectivity index (χ4n) is 3.76. The van der Waals surface area contributed by atoms with E-state index in [1.54, 1.807) is 24.3 Å². The van der Waals surface area contributed by atoms with Crippen molar-refractivity contribution >= 4 is 22.6 Å². The SMILES string of the molecule is N=c1n(CCN2CCOCC2)c2ccccc2n1CC(O)COc1ccc(Cl)cc1. The molecule has 8 heteroatoms. The highest BCUT2D eigenvalue weighted by molar-refractivity contribution is 6.30. The quantitative estimate of drug-likeness (QED) is 0.575. The van der Waals surface area contributed by atoms with Crippen molar-refractivity contribution in [1.29, 1.82) is 5.41 Å². The Morgan fingerprint density at radius 1 is 1.00 bits per heavy atom. The number of halogens is 1. The van der Waals surface area contributed by atoms with Crippen LogP contribution in [0.2, 0.25) is 5.02 Å². The van der Waals surface area contributed by atoms with Gasteiger partial charge >= 0.3 is 0 Å². The molecule has 4 rings (SSSR count). The molecule has 0 spiro atoms. The lowest BCUT2D eigenvalue weighted by Gasteiger charge is -2.26. The van der Waals surface area contributed by atoms with Gasteiger partial charge in [-0.25, -0.2) is 0 Å². The van der Waals surface area contributed by atoms with Crippen LogP contribution >= 0.6 is 11.6 Å². The third kappa shape index (κ3) is 4.87. The largest absolute Gasteiger partial charge is 0.491 e. The van der Waals surface area contributed by atoms with Crippen molar-refractivity contribution in [3.05, 3.63) is 59.2 Å². The second-order valence-corrected chi connectivity index (χ2v) is 7.88. The normalized spacial score (nSPS) is 16.1. The number of imidazole rings is 1. The van der Waals surface area contributed by atoms with Crippen LogP contribution in [0.5, 0.6) is 5.75 Å². The van der Waals surface area contributed by atoms with Crippen LogP contribution in [0.15, 0.2) is 48.5 Å². The van der Waals surface area contributed by atoms with E-state index in [-0.39, 0.29) is 13.2 Å². The molecule has 0 radical (unpaired) electrons. The van der Waals surface area contributed by atoms with Gasteiger partial charge in [-0.05, 0) is 36.4 Å². The van der Waals surface area contributed by atoms with Gasteiger partial charge in [-0.3, -0.25) is 10.3 Å². The molecule has 3 aromatic rings. The maximum atomic E-state index is 10.6. The smallest absolute Gasteiger partial charge is 0.203 e.